The van der Waals surface area contributed by atoms with Gasteiger partial charge in [-0.1, -0.05) is 12.1 Å². The standard InChI is InChI=1S/C16H21N3S/c17-15-6-9-20-16(15)11-18-14-5-3-4-13(10-14)12-19-7-1-2-8-19/h3-6,9-10,18H,1-2,7-8,11-12,17H2. The zero-order valence-electron chi connectivity index (χ0n) is 11.6. The van der Waals surface area contributed by atoms with Crippen molar-refractivity contribution in [3.05, 3.63) is 46.2 Å². The molecule has 0 atom stereocenters. The molecule has 0 unspecified atom stereocenters. The highest BCUT2D eigenvalue weighted by molar-refractivity contribution is 7.10. The summed E-state index contributed by atoms with van der Waals surface area (Å²) >= 11 is 1.70. The lowest BCUT2D eigenvalue weighted by Gasteiger charge is -2.15. The molecule has 20 heavy (non-hydrogen) atoms. The van der Waals surface area contributed by atoms with E-state index in [2.05, 4.69) is 34.5 Å². The molecule has 4 heteroatoms. The van der Waals surface area contributed by atoms with Crippen LogP contribution in [0.5, 0.6) is 0 Å². The highest BCUT2D eigenvalue weighted by Gasteiger charge is 2.11. The minimum Gasteiger partial charge on any atom is -0.398 e. The molecule has 0 spiro atoms. The van der Waals surface area contributed by atoms with Crippen LogP contribution in [0.4, 0.5) is 11.4 Å². The second-order valence-electron chi connectivity index (χ2n) is 5.34. The minimum absolute atomic E-state index is 0.802. The van der Waals surface area contributed by atoms with E-state index in [4.69, 9.17) is 5.73 Å². The molecule has 106 valence electrons. The molecular formula is C16H21N3S. The number of nitrogens with two attached hydrogens (primary N) is 1. The lowest BCUT2D eigenvalue weighted by molar-refractivity contribution is 0.331. The molecule has 1 aromatic heterocycles. The topological polar surface area (TPSA) is 41.3 Å². The van der Waals surface area contributed by atoms with Crippen LogP contribution < -0.4 is 11.1 Å². The predicted octanol–water partition coefficient (Wildman–Crippen LogP) is 3.54. The van der Waals surface area contributed by atoms with Crippen molar-refractivity contribution in [1.29, 1.82) is 0 Å². The molecule has 1 aliphatic rings. The Morgan fingerprint density at radius 2 is 2.05 bits per heavy atom. The normalized spacial score (nSPS) is 15.6. The summed E-state index contributed by atoms with van der Waals surface area (Å²) in [4.78, 5) is 3.73. The largest absolute Gasteiger partial charge is 0.398 e. The van der Waals surface area contributed by atoms with Gasteiger partial charge < -0.3 is 11.1 Å². The number of benzene rings is 1. The Morgan fingerprint density at radius 1 is 1.20 bits per heavy atom. The van der Waals surface area contributed by atoms with Crippen molar-refractivity contribution in [3.63, 3.8) is 0 Å². The zero-order valence-corrected chi connectivity index (χ0v) is 12.5. The van der Waals surface area contributed by atoms with E-state index >= 15 is 0 Å². The fraction of sp³-hybridized carbons (Fsp3) is 0.375. The third-order valence-corrected chi connectivity index (χ3v) is 4.70. The molecule has 0 amide bonds. The van der Waals surface area contributed by atoms with Crippen LogP contribution in [-0.2, 0) is 13.1 Å². The molecule has 0 saturated carbocycles. The summed E-state index contributed by atoms with van der Waals surface area (Å²) in [7, 11) is 0. The zero-order chi connectivity index (χ0) is 13.8. The van der Waals surface area contributed by atoms with E-state index in [0.717, 1.165) is 18.8 Å². The van der Waals surface area contributed by atoms with Gasteiger partial charge in [0, 0.05) is 22.8 Å². The number of hydrogen-bond donors (Lipinski definition) is 2. The fourth-order valence-electron chi connectivity index (χ4n) is 2.66. The van der Waals surface area contributed by atoms with Gasteiger partial charge in [-0.3, -0.25) is 4.90 Å². The first kappa shape index (κ1) is 13.5. The van der Waals surface area contributed by atoms with E-state index in [9.17, 15) is 0 Å². The van der Waals surface area contributed by atoms with Gasteiger partial charge >= 0.3 is 0 Å². The molecule has 3 rings (SSSR count). The van der Waals surface area contributed by atoms with E-state index < -0.39 is 0 Å². The maximum atomic E-state index is 5.91. The minimum atomic E-state index is 0.802. The van der Waals surface area contributed by atoms with Crippen LogP contribution >= 0.6 is 11.3 Å². The number of thiophene rings is 1. The Morgan fingerprint density at radius 3 is 2.80 bits per heavy atom. The molecule has 2 aromatic rings. The van der Waals surface area contributed by atoms with Crippen LogP contribution in [-0.4, -0.2) is 18.0 Å². The SMILES string of the molecule is Nc1ccsc1CNc1cccc(CN2CCCC2)c1. The van der Waals surface area contributed by atoms with Gasteiger partial charge in [0.25, 0.3) is 0 Å². The molecule has 2 heterocycles. The molecule has 0 bridgehead atoms. The number of nitrogens with one attached hydrogen (secondary N) is 1. The summed E-state index contributed by atoms with van der Waals surface area (Å²) < 4.78 is 0. The number of anilines is 2. The molecule has 0 aliphatic carbocycles. The number of likely N-dealkylation sites (tertiary alicyclic amines) is 1. The van der Waals surface area contributed by atoms with Gasteiger partial charge in [-0.2, -0.15) is 0 Å². The van der Waals surface area contributed by atoms with Crippen LogP contribution in [0.15, 0.2) is 35.7 Å². The van der Waals surface area contributed by atoms with Crippen molar-refractivity contribution in [2.75, 3.05) is 24.1 Å². The van der Waals surface area contributed by atoms with Gasteiger partial charge in [-0.15, -0.1) is 11.3 Å². The molecule has 1 aliphatic heterocycles. The smallest absolute Gasteiger partial charge is 0.0514 e. The summed E-state index contributed by atoms with van der Waals surface area (Å²) in [5.41, 5.74) is 9.35. The lowest BCUT2D eigenvalue weighted by Crippen LogP contribution is -2.18. The van der Waals surface area contributed by atoms with Crippen LogP contribution in [0.25, 0.3) is 0 Å². The summed E-state index contributed by atoms with van der Waals surface area (Å²) in [5.74, 6) is 0. The Labute approximate surface area is 124 Å². The third kappa shape index (κ3) is 3.32. The highest BCUT2D eigenvalue weighted by Crippen LogP contribution is 2.21. The quantitative estimate of drug-likeness (QED) is 0.884. The molecule has 3 N–H and O–H groups in total. The summed E-state index contributed by atoms with van der Waals surface area (Å²) in [5, 5.41) is 5.50. The van der Waals surface area contributed by atoms with Gasteiger partial charge in [-0.25, -0.2) is 0 Å². The number of nitrogens with zero attached hydrogens (tertiary/aromatic N) is 1. The Kier molecular flexibility index (Phi) is 4.23. The number of hydrogen-bond acceptors (Lipinski definition) is 4. The second-order valence-corrected chi connectivity index (χ2v) is 6.34. The van der Waals surface area contributed by atoms with Gasteiger partial charge in [0.05, 0.1) is 6.54 Å². The maximum absolute atomic E-state index is 5.91. The van der Waals surface area contributed by atoms with Crippen LogP contribution in [0.2, 0.25) is 0 Å². The summed E-state index contributed by atoms with van der Waals surface area (Å²) in [6, 6.07) is 10.7. The Bertz CT molecular complexity index is 558. The number of rotatable bonds is 5. The van der Waals surface area contributed by atoms with Crippen LogP contribution in [0, 0.1) is 0 Å². The van der Waals surface area contributed by atoms with Gasteiger partial charge in [0.15, 0.2) is 0 Å². The first-order chi connectivity index (χ1) is 9.81. The van der Waals surface area contributed by atoms with Gasteiger partial charge in [0.1, 0.15) is 0 Å². The Balaban J connectivity index is 1.60. The average molecular weight is 287 g/mol. The molecule has 1 aromatic carbocycles. The number of nitrogen functional groups attached to an aromatic ring is 1. The van der Waals surface area contributed by atoms with Crippen LogP contribution in [0.1, 0.15) is 23.3 Å². The molecule has 3 nitrogen and oxygen atoms in total. The van der Waals surface area contributed by atoms with Crippen molar-refractivity contribution in [2.24, 2.45) is 0 Å². The van der Waals surface area contributed by atoms with Crippen molar-refractivity contribution in [1.82, 2.24) is 4.90 Å². The summed E-state index contributed by atoms with van der Waals surface area (Å²) in [6.45, 7) is 4.35. The van der Waals surface area contributed by atoms with E-state index in [0.29, 0.717) is 0 Å². The van der Waals surface area contributed by atoms with E-state index in [1.165, 1.54) is 42.1 Å². The fourth-order valence-corrected chi connectivity index (χ4v) is 3.39. The monoisotopic (exact) mass is 287 g/mol. The third-order valence-electron chi connectivity index (χ3n) is 3.76. The summed E-state index contributed by atoms with van der Waals surface area (Å²) in [6.07, 6.45) is 2.69. The maximum Gasteiger partial charge on any atom is 0.0514 e. The van der Waals surface area contributed by atoms with E-state index in [1.807, 2.05) is 11.4 Å². The second kappa shape index (κ2) is 6.29. The average Bonchev–Trinajstić information content (AvgIpc) is 3.09. The predicted molar refractivity (Wildman–Crippen MR) is 87.0 cm³/mol. The molecule has 1 fully saturated rings. The highest BCUT2D eigenvalue weighted by atomic mass is 32.1. The van der Waals surface area contributed by atoms with E-state index in [1.54, 1.807) is 11.3 Å². The molecule has 0 radical (unpaired) electrons. The van der Waals surface area contributed by atoms with Crippen molar-refractivity contribution < 1.29 is 0 Å². The van der Waals surface area contributed by atoms with Gasteiger partial charge in [0.2, 0.25) is 0 Å². The first-order valence-electron chi connectivity index (χ1n) is 7.18. The Hall–Kier alpha value is -1.52. The van der Waals surface area contributed by atoms with Crippen molar-refractivity contribution in [3.8, 4) is 0 Å². The van der Waals surface area contributed by atoms with Crippen molar-refractivity contribution in [2.45, 2.75) is 25.9 Å². The van der Waals surface area contributed by atoms with Gasteiger partial charge in [-0.05, 0) is 55.1 Å². The van der Waals surface area contributed by atoms with Crippen molar-refractivity contribution >= 4 is 22.7 Å². The first-order valence-corrected chi connectivity index (χ1v) is 8.06. The van der Waals surface area contributed by atoms with E-state index in [-0.39, 0.29) is 0 Å². The lowest BCUT2D eigenvalue weighted by atomic mass is 10.2. The molecule has 1 saturated heterocycles. The molecular weight excluding hydrogens is 266 g/mol. The van der Waals surface area contributed by atoms with Crippen LogP contribution in [0.3, 0.4) is 0 Å².